The second kappa shape index (κ2) is 6.17. The predicted molar refractivity (Wildman–Crippen MR) is 77.9 cm³/mol. The van der Waals surface area contributed by atoms with Gasteiger partial charge in [0.25, 0.3) is 0 Å². The van der Waals surface area contributed by atoms with E-state index in [1.807, 2.05) is 24.3 Å². The molecule has 1 N–H and O–H groups in total. The minimum Gasteiger partial charge on any atom is -0.323 e. The number of carbonyl (C=O) groups excluding carboxylic acids is 1. The van der Waals surface area contributed by atoms with E-state index in [2.05, 4.69) is 21.2 Å². The standard InChI is InChI=1S/C14H10BrClFNO/c15-10-3-1-9(2-4-10)7-14(19)18-13-6-5-11(16)8-12(13)17/h1-6,8H,7H2,(H,18,19). The van der Waals surface area contributed by atoms with Crippen molar-refractivity contribution in [3.8, 4) is 0 Å². The molecular weight excluding hydrogens is 333 g/mol. The first-order chi connectivity index (χ1) is 9.04. The molecule has 0 spiro atoms. The number of hydrogen-bond acceptors (Lipinski definition) is 1. The Morgan fingerprint density at radius 3 is 2.53 bits per heavy atom. The Bertz CT molecular complexity index is 601. The molecule has 2 aromatic carbocycles. The lowest BCUT2D eigenvalue weighted by Gasteiger charge is -2.07. The highest BCUT2D eigenvalue weighted by Crippen LogP contribution is 2.19. The van der Waals surface area contributed by atoms with Crippen LogP contribution in [0.1, 0.15) is 5.56 Å². The van der Waals surface area contributed by atoms with E-state index in [1.54, 1.807) is 0 Å². The van der Waals surface area contributed by atoms with Crippen LogP contribution in [0.5, 0.6) is 0 Å². The second-order valence-corrected chi connectivity index (χ2v) is 5.33. The first-order valence-corrected chi connectivity index (χ1v) is 6.71. The highest BCUT2D eigenvalue weighted by molar-refractivity contribution is 9.10. The van der Waals surface area contributed by atoms with E-state index >= 15 is 0 Å². The summed E-state index contributed by atoms with van der Waals surface area (Å²) in [5.74, 6) is -0.819. The van der Waals surface area contributed by atoms with E-state index in [-0.39, 0.29) is 18.0 Å². The molecule has 0 bridgehead atoms. The first-order valence-electron chi connectivity index (χ1n) is 5.54. The molecule has 2 rings (SSSR count). The summed E-state index contributed by atoms with van der Waals surface area (Å²) in [6.45, 7) is 0. The van der Waals surface area contributed by atoms with E-state index in [0.717, 1.165) is 16.1 Å². The zero-order valence-electron chi connectivity index (χ0n) is 9.79. The van der Waals surface area contributed by atoms with Crippen LogP contribution in [0.15, 0.2) is 46.9 Å². The minimum atomic E-state index is -0.545. The van der Waals surface area contributed by atoms with Crippen LogP contribution < -0.4 is 5.32 Å². The van der Waals surface area contributed by atoms with E-state index in [9.17, 15) is 9.18 Å². The fraction of sp³-hybridized carbons (Fsp3) is 0.0714. The Balaban J connectivity index is 2.03. The van der Waals surface area contributed by atoms with Gasteiger partial charge in [0.05, 0.1) is 12.1 Å². The highest BCUT2D eigenvalue weighted by atomic mass is 79.9. The topological polar surface area (TPSA) is 29.1 Å². The summed E-state index contributed by atoms with van der Waals surface area (Å²) in [6.07, 6.45) is 0.190. The zero-order chi connectivity index (χ0) is 13.8. The number of benzene rings is 2. The van der Waals surface area contributed by atoms with Gasteiger partial charge in [0, 0.05) is 9.50 Å². The van der Waals surface area contributed by atoms with Gasteiger partial charge in [0.2, 0.25) is 5.91 Å². The largest absolute Gasteiger partial charge is 0.323 e. The Morgan fingerprint density at radius 2 is 1.89 bits per heavy atom. The molecule has 0 saturated carbocycles. The summed E-state index contributed by atoms with van der Waals surface area (Å²) in [5, 5.41) is 2.81. The van der Waals surface area contributed by atoms with Crippen LogP contribution in [-0.4, -0.2) is 5.91 Å². The van der Waals surface area contributed by atoms with Gasteiger partial charge in [0.15, 0.2) is 0 Å². The Labute approximate surface area is 123 Å². The molecule has 2 aromatic rings. The van der Waals surface area contributed by atoms with Crippen LogP contribution in [-0.2, 0) is 11.2 Å². The van der Waals surface area contributed by atoms with Crippen LogP contribution in [0.25, 0.3) is 0 Å². The summed E-state index contributed by atoms with van der Waals surface area (Å²) in [4.78, 5) is 11.8. The Morgan fingerprint density at radius 1 is 1.21 bits per heavy atom. The van der Waals surface area contributed by atoms with E-state index in [1.165, 1.54) is 12.1 Å². The van der Waals surface area contributed by atoms with Gasteiger partial charge in [-0.05, 0) is 35.9 Å². The third-order valence-electron chi connectivity index (χ3n) is 2.48. The van der Waals surface area contributed by atoms with Gasteiger partial charge in [-0.1, -0.05) is 39.7 Å². The molecule has 2 nitrogen and oxygen atoms in total. The monoisotopic (exact) mass is 341 g/mol. The molecule has 0 aliphatic rings. The van der Waals surface area contributed by atoms with Crippen molar-refractivity contribution in [2.45, 2.75) is 6.42 Å². The van der Waals surface area contributed by atoms with Crippen molar-refractivity contribution in [1.29, 1.82) is 0 Å². The maximum atomic E-state index is 13.5. The number of carbonyl (C=O) groups is 1. The third-order valence-corrected chi connectivity index (χ3v) is 3.25. The number of halogens is 3. The lowest BCUT2D eigenvalue weighted by Crippen LogP contribution is -2.15. The predicted octanol–water partition coefficient (Wildman–Crippen LogP) is 4.42. The molecule has 5 heteroatoms. The quantitative estimate of drug-likeness (QED) is 0.879. The Kier molecular flexibility index (Phi) is 4.56. The first kappa shape index (κ1) is 14.0. The van der Waals surface area contributed by atoms with E-state index in [0.29, 0.717) is 5.02 Å². The van der Waals surface area contributed by atoms with Crippen molar-refractivity contribution in [3.63, 3.8) is 0 Å². The number of nitrogens with one attached hydrogen (secondary N) is 1. The van der Waals surface area contributed by atoms with Crippen LogP contribution in [0, 0.1) is 5.82 Å². The number of amides is 1. The molecule has 0 atom stereocenters. The van der Waals surface area contributed by atoms with Gasteiger partial charge < -0.3 is 5.32 Å². The molecule has 0 aliphatic carbocycles. The SMILES string of the molecule is O=C(Cc1ccc(Br)cc1)Nc1ccc(Cl)cc1F. The van der Waals surface area contributed by atoms with Crippen molar-refractivity contribution < 1.29 is 9.18 Å². The molecule has 0 saturated heterocycles. The second-order valence-electron chi connectivity index (χ2n) is 3.98. The molecule has 0 aliphatic heterocycles. The van der Waals surface area contributed by atoms with Crippen molar-refractivity contribution in [2.75, 3.05) is 5.32 Å². The van der Waals surface area contributed by atoms with Gasteiger partial charge >= 0.3 is 0 Å². The van der Waals surface area contributed by atoms with Gasteiger partial charge in [0.1, 0.15) is 5.82 Å². The molecule has 0 fully saturated rings. The average Bonchev–Trinajstić information content (AvgIpc) is 2.36. The maximum Gasteiger partial charge on any atom is 0.228 e. The summed E-state index contributed by atoms with van der Waals surface area (Å²) >= 11 is 8.96. The van der Waals surface area contributed by atoms with Gasteiger partial charge in [-0.3, -0.25) is 4.79 Å². The highest BCUT2D eigenvalue weighted by Gasteiger charge is 2.08. The van der Waals surface area contributed by atoms with Gasteiger partial charge in [-0.25, -0.2) is 4.39 Å². The van der Waals surface area contributed by atoms with Crippen molar-refractivity contribution in [3.05, 3.63) is 63.3 Å². The normalized spacial score (nSPS) is 10.3. The smallest absolute Gasteiger partial charge is 0.228 e. The summed E-state index contributed by atoms with van der Waals surface area (Å²) in [6, 6.07) is 11.5. The lowest BCUT2D eigenvalue weighted by atomic mass is 10.1. The zero-order valence-corrected chi connectivity index (χ0v) is 12.1. The molecule has 0 radical (unpaired) electrons. The summed E-state index contributed by atoms with van der Waals surface area (Å²) < 4.78 is 14.4. The van der Waals surface area contributed by atoms with E-state index < -0.39 is 5.82 Å². The van der Waals surface area contributed by atoms with Crippen LogP contribution in [0.4, 0.5) is 10.1 Å². The average molecular weight is 343 g/mol. The molecular formula is C14H10BrClFNO. The fourth-order valence-corrected chi connectivity index (χ4v) is 2.00. The van der Waals surface area contributed by atoms with Crippen molar-refractivity contribution >= 4 is 39.1 Å². The summed E-state index contributed by atoms with van der Waals surface area (Å²) in [5.41, 5.74) is 0.988. The summed E-state index contributed by atoms with van der Waals surface area (Å²) in [7, 11) is 0. The Hall–Kier alpha value is -1.39. The van der Waals surface area contributed by atoms with Crippen LogP contribution >= 0.6 is 27.5 Å². The maximum absolute atomic E-state index is 13.5. The fourth-order valence-electron chi connectivity index (χ4n) is 1.57. The van der Waals surface area contributed by atoms with Crippen molar-refractivity contribution in [1.82, 2.24) is 0 Å². The molecule has 98 valence electrons. The van der Waals surface area contributed by atoms with Gasteiger partial charge in [-0.15, -0.1) is 0 Å². The number of hydrogen-bond donors (Lipinski definition) is 1. The van der Waals surface area contributed by atoms with Crippen LogP contribution in [0.3, 0.4) is 0 Å². The van der Waals surface area contributed by atoms with Crippen LogP contribution in [0.2, 0.25) is 5.02 Å². The molecule has 0 unspecified atom stereocenters. The molecule has 19 heavy (non-hydrogen) atoms. The lowest BCUT2D eigenvalue weighted by molar-refractivity contribution is -0.115. The molecule has 1 amide bonds. The van der Waals surface area contributed by atoms with Crippen molar-refractivity contribution in [2.24, 2.45) is 0 Å². The number of rotatable bonds is 3. The van der Waals surface area contributed by atoms with E-state index in [4.69, 9.17) is 11.6 Å². The molecule has 0 aromatic heterocycles. The minimum absolute atomic E-state index is 0.131. The third kappa shape index (κ3) is 4.04. The molecule has 0 heterocycles. The number of anilines is 1. The van der Waals surface area contributed by atoms with Gasteiger partial charge in [-0.2, -0.15) is 0 Å².